The van der Waals surface area contributed by atoms with Gasteiger partial charge in [-0.25, -0.2) is 4.68 Å². The third-order valence-electron chi connectivity index (χ3n) is 4.89. The molecule has 162 valence electrons. The average Bonchev–Trinajstić information content (AvgIpc) is 3.01. The number of nitrogens with zero attached hydrogens (tertiary/aromatic N) is 4. The lowest BCUT2D eigenvalue weighted by Crippen LogP contribution is -2.26. The second kappa shape index (κ2) is 8.38. The summed E-state index contributed by atoms with van der Waals surface area (Å²) in [5.74, 6) is -2.18. The Balaban J connectivity index is 1.30. The van der Waals surface area contributed by atoms with Crippen LogP contribution in [-0.4, -0.2) is 57.2 Å². The molecule has 4 rings (SSSR count). The van der Waals surface area contributed by atoms with Gasteiger partial charge in [-0.05, 0) is 30.3 Å². The predicted molar refractivity (Wildman–Crippen MR) is 111 cm³/mol. The number of ether oxygens (including phenoxy) is 1. The highest BCUT2D eigenvalue weighted by atomic mass is 16.5. The number of rotatable bonds is 6. The predicted octanol–water partition coefficient (Wildman–Crippen LogP) is 0.589. The molecule has 1 aliphatic rings. The number of anilines is 1. The number of amides is 3. The minimum absolute atomic E-state index is 0.0500. The molecule has 32 heavy (non-hydrogen) atoms. The fourth-order valence-corrected chi connectivity index (χ4v) is 3.22. The average molecular weight is 435 g/mol. The number of hydrogen-bond donors (Lipinski definition) is 1. The molecule has 3 amide bonds. The molecule has 0 aliphatic carbocycles. The normalized spacial score (nSPS) is 12.7. The molecule has 0 saturated heterocycles. The molecule has 0 saturated carbocycles. The molecule has 0 spiro atoms. The summed E-state index contributed by atoms with van der Waals surface area (Å²) in [6.45, 7) is -0.605. The number of aryl methyl sites for hydroxylation is 1. The van der Waals surface area contributed by atoms with E-state index >= 15 is 0 Å². The van der Waals surface area contributed by atoms with Gasteiger partial charge in [-0.3, -0.25) is 28.9 Å². The molecule has 1 N–H and O–H groups in total. The smallest absolute Gasteiger partial charge is 0.308 e. The van der Waals surface area contributed by atoms with Crippen LogP contribution >= 0.6 is 0 Å². The summed E-state index contributed by atoms with van der Waals surface area (Å²) in [5.41, 5.74) is 0.816. The van der Waals surface area contributed by atoms with Gasteiger partial charge >= 0.3 is 5.97 Å². The van der Waals surface area contributed by atoms with Crippen LogP contribution in [0.3, 0.4) is 0 Å². The van der Waals surface area contributed by atoms with Gasteiger partial charge in [0.15, 0.2) is 6.61 Å². The van der Waals surface area contributed by atoms with E-state index in [1.165, 1.54) is 25.2 Å². The molecular weight excluding hydrogens is 418 g/mol. The summed E-state index contributed by atoms with van der Waals surface area (Å²) in [4.78, 5) is 61.3. The maximum Gasteiger partial charge on any atom is 0.308 e. The van der Waals surface area contributed by atoms with Crippen LogP contribution in [0.4, 0.5) is 5.69 Å². The lowest BCUT2D eigenvalue weighted by Gasteiger charge is -2.08. The molecule has 11 nitrogen and oxygen atoms in total. The van der Waals surface area contributed by atoms with Crippen LogP contribution in [-0.2, 0) is 20.9 Å². The van der Waals surface area contributed by atoms with Crippen molar-refractivity contribution >= 4 is 40.3 Å². The minimum Gasteiger partial charge on any atom is -0.456 e. The summed E-state index contributed by atoms with van der Waals surface area (Å²) in [5, 5.41) is 10.6. The number of nitrogens with one attached hydrogen (secondary N) is 1. The van der Waals surface area contributed by atoms with Gasteiger partial charge in [-0.1, -0.05) is 17.3 Å². The zero-order valence-electron chi connectivity index (χ0n) is 16.9. The fourth-order valence-electron chi connectivity index (χ4n) is 3.22. The zero-order valence-corrected chi connectivity index (χ0v) is 16.9. The maximum absolute atomic E-state index is 12.4. The van der Waals surface area contributed by atoms with Crippen molar-refractivity contribution in [2.75, 3.05) is 19.0 Å². The van der Waals surface area contributed by atoms with E-state index in [9.17, 15) is 24.0 Å². The Hall–Kier alpha value is -4.41. The molecular formula is C21H17N5O6. The molecule has 0 fully saturated rings. The second-order valence-corrected chi connectivity index (χ2v) is 7.02. The van der Waals surface area contributed by atoms with E-state index < -0.39 is 30.3 Å². The van der Waals surface area contributed by atoms with Crippen molar-refractivity contribution < 1.29 is 23.9 Å². The Labute approximate surface area is 180 Å². The Morgan fingerprint density at radius 2 is 1.78 bits per heavy atom. The van der Waals surface area contributed by atoms with Crippen LogP contribution in [0, 0.1) is 0 Å². The standard InChI is InChI=1S/C21H17N5O6/c1-25-19(29)13-7-6-12(10-15(13)20(25)30)22-17(27)11-32-18(28)8-9-26-21(31)14-4-2-3-5-16(14)23-24-26/h2-7,10H,8-9,11H2,1H3,(H,22,27). The van der Waals surface area contributed by atoms with Gasteiger partial charge in [0.2, 0.25) is 0 Å². The van der Waals surface area contributed by atoms with Crippen molar-refractivity contribution in [2.24, 2.45) is 0 Å². The van der Waals surface area contributed by atoms with Crippen molar-refractivity contribution in [2.45, 2.75) is 13.0 Å². The molecule has 0 radical (unpaired) electrons. The molecule has 0 unspecified atom stereocenters. The number of carbonyl (C=O) groups excluding carboxylic acids is 4. The summed E-state index contributed by atoms with van der Waals surface area (Å²) in [6.07, 6.45) is -0.179. The van der Waals surface area contributed by atoms with Crippen molar-refractivity contribution in [3.63, 3.8) is 0 Å². The van der Waals surface area contributed by atoms with Crippen LogP contribution in [0.25, 0.3) is 10.9 Å². The highest BCUT2D eigenvalue weighted by Crippen LogP contribution is 2.24. The Kier molecular flexibility index (Phi) is 5.46. The van der Waals surface area contributed by atoms with Crippen LogP contribution in [0.2, 0.25) is 0 Å². The van der Waals surface area contributed by atoms with Crippen LogP contribution < -0.4 is 10.9 Å². The quantitative estimate of drug-likeness (QED) is 0.438. The molecule has 0 atom stereocenters. The maximum atomic E-state index is 12.4. The summed E-state index contributed by atoms with van der Waals surface area (Å²) in [7, 11) is 1.37. The number of hydrogen-bond acceptors (Lipinski definition) is 8. The van der Waals surface area contributed by atoms with Crippen LogP contribution in [0.1, 0.15) is 27.1 Å². The van der Waals surface area contributed by atoms with E-state index in [0.717, 1.165) is 9.58 Å². The van der Waals surface area contributed by atoms with Gasteiger partial charge in [0.05, 0.1) is 29.5 Å². The van der Waals surface area contributed by atoms with Crippen molar-refractivity contribution in [1.82, 2.24) is 19.9 Å². The highest BCUT2D eigenvalue weighted by molar-refractivity contribution is 6.21. The molecule has 11 heteroatoms. The van der Waals surface area contributed by atoms with E-state index in [4.69, 9.17) is 4.74 Å². The van der Waals surface area contributed by atoms with E-state index in [1.807, 2.05) is 0 Å². The van der Waals surface area contributed by atoms with Gasteiger partial charge in [0, 0.05) is 12.7 Å². The lowest BCUT2D eigenvalue weighted by atomic mass is 10.1. The molecule has 2 aromatic carbocycles. The first kappa shape index (κ1) is 20.8. The third-order valence-corrected chi connectivity index (χ3v) is 4.89. The molecule has 2 heterocycles. The van der Waals surface area contributed by atoms with Gasteiger partial charge in [0.25, 0.3) is 23.3 Å². The second-order valence-electron chi connectivity index (χ2n) is 7.02. The minimum atomic E-state index is -0.696. The first-order chi connectivity index (χ1) is 15.3. The summed E-state index contributed by atoms with van der Waals surface area (Å²) < 4.78 is 5.99. The van der Waals surface area contributed by atoms with Crippen LogP contribution in [0.15, 0.2) is 47.3 Å². The fraction of sp³-hybridized carbons (Fsp3) is 0.190. The molecule has 1 aromatic heterocycles. The zero-order chi connectivity index (χ0) is 22.8. The van der Waals surface area contributed by atoms with E-state index in [2.05, 4.69) is 15.6 Å². The van der Waals surface area contributed by atoms with Gasteiger partial charge < -0.3 is 10.1 Å². The SMILES string of the molecule is CN1C(=O)c2ccc(NC(=O)COC(=O)CCn3nnc4ccccc4c3=O)cc2C1=O. The van der Waals surface area contributed by atoms with E-state index in [1.54, 1.807) is 24.3 Å². The van der Waals surface area contributed by atoms with Gasteiger partial charge in [-0.15, -0.1) is 5.10 Å². The topological polar surface area (TPSA) is 141 Å². The number of carbonyl (C=O) groups is 4. The number of benzene rings is 2. The van der Waals surface area contributed by atoms with Crippen molar-refractivity contribution in [1.29, 1.82) is 0 Å². The first-order valence-electron chi connectivity index (χ1n) is 9.59. The molecule has 3 aromatic rings. The van der Waals surface area contributed by atoms with Crippen molar-refractivity contribution in [3.05, 3.63) is 63.9 Å². The Morgan fingerprint density at radius 1 is 1.03 bits per heavy atom. The van der Waals surface area contributed by atoms with E-state index in [-0.39, 0.29) is 29.7 Å². The highest BCUT2D eigenvalue weighted by Gasteiger charge is 2.32. The molecule has 1 aliphatic heterocycles. The third kappa shape index (κ3) is 3.95. The number of fused-ring (bicyclic) bond motifs is 2. The summed E-state index contributed by atoms with van der Waals surface area (Å²) >= 11 is 0. The van der Waals surface area contributed by atoms with Crippen molar-refractivity contribution in [3.8, 4) is 0 Å². The van der Waals surface area contributed by atoms with Gasteiger partial charge in [-0.2, -0.15) is 0 Å². The monoisotopic (exact) mass is 435 g/mol. The Morgan fingerprint density at radius 3 is 2.59 bits per heavy atom. The number of aromatic nitrogens is 3. The molecule has 0 bridgehead atoms. The lowest BCUT2D eigenvalue weighted by molar-refractivity contribution is -0.147. The van der Waals surface area contributed by atoms with Crippen LogP contribution in [0.5, 0.6) is 0 Å². The first-order valence-corrected chi connectivity index (χ1v) is 9.59. The Bertz CT molecular complexity index is 1330. The van der Waals surface area contributed by atoms with Gasteiger partial charge in [0.1, 0.15) is 5.52 Å². The van der Waals surface area contributed by atoms with E-state index in [0.29, 0.717) is 16.6 Å². The number of esters is 1. The largest absolute Gasteiger partial charge is 0.456 e. The number of imide groups is 1. The summed E-state index contributed by atoms with van der Waals surface area (Å²) in [6, 6.07) is 11.0.